The molecule has 0 aliphatic heterocycles. The van der Waals surface area contributed by atoms with E-state index in [1.54, 1.807) is 6.26 Å². The molecular formula is C27H26N2O2. The smallest absolute Gasteiger partial charge is 0.228 e. The van der Waals surface area contributed by atoms with Crippen LogP contribution in [0.3, 0.4) is 0 Å². The highest BCUT2D eigenvalue weighted by atomic mass is 16.3. The monoisotopic (exact) mass is 410 g/mol. The lowest BCUT2D eigenvalue weighted by atomic mass is 9.99. The zero-order chi connectivity index (χ0) is 21.7. The number of hydrogen-bond donors (Lipinski definition) is 1. The third-order valence-corrected chi connectivity index (χ3v) is 6.35. The fraction of sp³-hybridized carbons (Fsp3) is 0.222. The number of amides is 1. The third kappa shape index (κ3) is 3.10. The van der Waals surface area contributed by atoms with Gasteiger partial charge in [-0.25, -0.2) is 0 Å². The first kappa shape index (κ1) is 19.4. The second-order valence-corrected chi connectivity index (χ2v) is 8.32. The van der Waals surface area contributed by atoms with Crippen LogP contribution in [-0.2, 0) is 17.8 Å². The zero-order valence-corrected chi connectivity index (χ0v) is 18.4. The Morgan fingerprint density at radius 1 is 0.968 bits per heavy atom. The molecule has 0 aliphatic carbocycles. The predicted octanol–water partition coefficient (Wildman–Crippen LogP) is 6.67. The average Bonchev–Trinajstić information content (AvgIpc) is 3.31. The molecule has 1 amide bonds. The maximum absolute atomic E-state index is 12.9. The number of fused-ring (bicyclic) bond motifs is 4. The van der Waals surface area contributed by atoms with Crippen molar-refractivity contribution in [1.82, 2.24) is 4.57 Å². The van der Waals surface area contributed by atoms with Gasteiger partial charge in [0.15, 0.2) is 0 Å². The summed E-state index contributed by atoms with van der Waals surface area (Å²) in [6.45, 7) is 9.28. The summed E-state index contributed by atoms with van der Waals surface area (Å²) in [7, 11) is 0. The topological polar surface area (TPSA) is 47.2 Å². The van der Waals surface area contributed by atoms with Crippen LogP contribution in [0, 0.1) is 20.8 Å². The van der Waals surface area contributed by atoms with Gasteiger partial charge in [0.2, 0.25) is 5.91 Å². The van der Waals surface area contributed by atoms with Crippen LogP contribution in [0.2, 0.25) is 0 Å². The Morgan fingerprint density at radius 2 is 1.74 bits per heavy atom. The van der Waals surface area contributed by atoms with Crippen molar-refractivity contribution in [1.29, 1.82) is 0 Å². The molecule has 5 rings (SSSR count). The van der Waals surface area contributed by atoms with E-state index in [9.17, 15) is 4.79 Å². The number of para-hydroxylation sites is 1. The number of nitrogens with one attached hydrogen (secondary N) is 1. The highest BCUT2D eigenvalue weighted by molar-refractivity contribution is 6.10. The van der Waals surface area contributed by atoms with Gasteiger partial charge in [0, 0.05) is 45.0 Å². The minimum atomic E-state index is -0.0427. The fourth-order valence-corrected chi connectivity index (χ4v) is 4.77. The van der Waals surface area contributed by atoms with E-state index in [2.05, 4.69) is 80.0 Å². The second kappa shape index (κ2) is 7.31. The molecule has 0 radical (unpaired) electrons. The van der Waals surface area contributed by atoms with E-state index in [0.29, 0.717) is 0 Å². The standard InChI is InChI=1S/C27H26N2O2/c1-5-29-23-9-7-6-8-21(23)22-14-20(10-11-24(22)29)28-25(30)13-19-15-31-27-18(4)16(2)12-17(3)26(19)27/h6-12,14-15H,5,13H2,1-4H3,(H,28,30). The molecule has 3 aromatic carbocycles. The minimum absolute atomic E-state index is 0.0427. The van der Waals surface area contributed by atoms with Gasteiger partial charge < -0.3 is 14.3 Å². The van der Waals surface area contributed by atoms with Crippen molar-refractivity contribution in [2.24, 2.45) is 0 Å². The SMILES string of the molecule is CCn1c2ccccc2c2cc(NC(=O)Cc3coc4c(C)c(C)cc(C)c34)ccc21. The van der Waals surface area contributed by atoms with Crippen molar-refractivity contribution in [3.63, 3.8) is 0 Å². The number of hydrogen-bond acceptors (Lipinski definition) is 2. The van der Waals surface area contributed by atoms with Crippen LogP contribution < -0.4 is 5.32 Å². The van der Waals surface area contributed by atoms with Gasteiger partial charge in [-0.1, -0.05) is 24.3 Å². The summed E-state index contributed by atoms with van der Waals surface area (Å²) in [4.78, 5) is 12.9. The number of furan rings is 1. The normalized spacial score (nSPS) is 11.6. The van der Waals surface area contributed by atoms with E-state index in [1.807, 2.05) is 6.07 Å². The van der Waals surface area contributed by atoms with E-state index >= 15 is 0 Å². The molecule has 0 aliphatic rings. The van der Waals surface area contributed by atoms with Crippen LogP contribution in [0.4, 0.5) is 5.69 Å². The number of aromatic nitrogens is 1. The van der Waals surface area contributed by atoms with Crippen molar-refractivity contribution in [3.05, 3.63) is 77.0 Å². The summed E-state index contributed by atoms with van der Waals surface area (Å²) in [6, 6.07) is 16.7. The molecule has 0 unspecified atom stereocenters. The highest BCUT2D eigenvalue weighted by Crippen LogP contribution is 2.32. The Kier molecular flexibility index (Phi) is 4.58. The van der Waals surface area contributed by atoms with Gasteiger partial charge in [-0.2, -0.15) is 0 Å². The van der Waals surface area contributed by atoms with Gasteiger partial charge in [-0.3, -0.25) is 4.79 Å². The largest absolute Gasteiger partial charge is 0.464 e. The lowest BCUT2D eigenvalue weighted by Crippen LogP contribution is -2.14. The molecular weight excluding hydrogens is 384 g/mol. The van der Waals surface area contributed by atoms with Crippen LogP contribution in [-0.4, -0.2) is 10.5 Å². The van der Waals surface area contributed by atoms with E-state index in [0.717, 1.165) is 45.3 Å². The summed E-state index contributed by atoms with van der Waals surface area (Å²) in [6.07, 6.45) is 2.01. The summed E-state index contributed by atoms with van der Waals surface area (Å²) in [5, 5.41) is 6.50. The third-order valence-electron chi connectivity index (χ3n) is 6.35. The lowest BCUT2D eigenvalue weighted by Gasteiger charge is -2.08. The molecule has 5 aromatic rings. The molecule has 156 valence electrons. The molecule has 31 heavy (non-hydrogen) atoms. The van der Waals surface area contributed by atoms with Crippen molar-refractivity contribution < 1.29 is 9.21 Å². The fourth-order valence-electron chi connectivity index (χ4n) is 4.77. The first-order valence-corrected chi connectivity index (χ1v) is 10.8. The summed E-state index contributed by atoms with van der Waals surface area (Å²) in [5.74, 6) is -0.0427. The first-order chi connectivity index (χ1) is 15.0. The van der Waals surface area contributed by atoms with E-state index in [4.69, 9.17) is 4.42 Å². The Hall–Kier alpha value is -3.53. The van der Waals surface area contributed by atoms with E-state index < -0.39 is 0 Å². The highest BCUT2D eigenvalue weighted by Gasteiger charge is 2.16. The average molecular weight is 411 g/mol. The van der Waals surface area contributed by atoms with Crippen molar-refractivity contribution in [2.75, 3.05) is 5.32 Å². The Balaban J connectivity index is 1.47. The molecule has 0 spiro atoms. The maximum Gasteiger partial charge on any atom is 0.228 e. The van der Waals surface area contributed by atoms with Crippen LogP contribution in [0.5, 0.6) is 0 Å². The van der Waals surface area contributed by atoms with Gasteiger partial charge in [0.05, 0.1) is 12.7 Å². The number of aryl methyl sites for hydroxylation is 4. The number of rotatable bonds is 4. The number of nitrogens with zero attached hydrogens (tertiary/aromatic N) is 1. The van der Waals surface area contributed by atoms with Crippen LogP contribution in [0.25, 0.3) is 32.8 Å². The molecule has 0 atom stereocenters. The molecule has 1 N–H and O–H groups in total. The van der Waals surface area contributed by atoms with Gasteiger partial charge in [-0.15, -0.1) is 0 Å². The molecule has 0 saturated heterocycles. The number of carbonyl (C=O) groups is 1. The molecule has 2 aromatic heterocycles. The second-order valence-electron chi connectivity index (χ2n) is 8.32. The lowest BCUT2D eigenvalue weighted by molar-refractivity contribution is -0.115. The Bertz CT molecular complexity index is 1470. The number of anilines is 1. The first-order valence-electron chi connectivity index (χ1n) is 10.8. The van der Waals surface area contributed by atoms with Crippen LogP contribution in [0.1, 0.15) is 29.2 Å². The van der Waals surface area contributed by atoms with Crippen molar-refractivity contribution in [2.45, 2.75) is 40.7 Å². The summed E-state index contributed by atoms with van der Waals surface area (Å²) < 4.78 is 8.14. The van der Waals surface area contributed by atoms with Gasteiger partial charge in [0.25, 0.3) is 0 Å². The molecule has 0 bridgehead atoms. The summed E-state index contributed by atoms with van der Waals surface area (Å²) in [5.41, 5.74) is 8.50. The van der Waals surface area contributed by atoms with Crippen molar-refractivity contribution >= 4 is 44.4 Å². The molecule has 0 fully saturated rings. The Labute approximate surface area is 181 Å². The van der Waals surface area contributed by atoms with Gasteiger partial charge >= 0.3 is 0 Å². The van der Waals surface area contributed by atoms with E-state index in [1.165, 1.54) is 22.0 Å². The predicted molar refractivity (Wildman–Crippen MR) is 128 cm³/mol. The molecule has 0 saturated carbocycles. The molecule has 4 nitrogen and oxygen atoms in total. The van der Waals surface area contributed by atoms with Gasteiger partial charge in [-0.05, 0) is 68.7 Å². The maximum atomic E-state index is 12.9. The zero-order valence-electron chi connectivity index (χ0n) is 18.4. The quantitative estimate of drug-likeness (QED) is 0.360. The molecule has 2 heterocycles. The van der Waals surface area contributed by atoms with Gasteiger partial charge in [0.1, 0.15) is 5.58 Å². The summed E-state index contributed by atoms with van der Waals surface area (Å²) >= 11 is 0. The molecule has 4 heteroatoms. The Morgan fingerprint density at radius 3 is 2.55 bits per heavy atom. The van der Waals surface area contributed by atoms with Crippen LogP contribution in [0.15, 0.2) is 59.2 Å². The van der Waals surface area contributed by atoms with Crippen LogP contribution >= 0.6 is 0 Å². The minimum Gasteiger partial charge on any atom is -0.464 e. The van der Waals surface area contributed by atoms with E-state index in [-0.39, 0.29) is 12.3 Å². The van der Waals surface area contributed by atoms with Crippen molar-refractivity contribution in [3.8, 4) is 0 Å². The number of benzene rings is 3. The number of carbonyl (C=O) groups excluding carboxylic acids is 1.